The van der Waals surface area contributed by atoms with E-state index in [4.69, 9.17) is 4.74 Å². The van der Waals surface area contributed by atoms with Crippen molar-refractivity contribution in [2.75, 3.05) is 32.8 Å². The van der Waals surface area contributed by atoms with Gasteiger partial charge in [-0.1, -0.05) is 6.07 Å². The van der Waals surface area contributed by atoms with E-state index in [9.17, 15) is 4.79 Å². The molecule has 2 aromatic heterocycles. The first kappa shape index (κ1) is 23.3. The maximum Gasteiger partial charge on any atom is 0.255 e. The van der Waals surface area contributed by atoms with Gasteiger partial charge in [-0.3, -0.25) is 9.69 Å². The molecule has 0 aromatic carbocycles. The summed E-state index contributed by atoms with van der Waals surface area (Å²) in [6.07, 6.45) is 4.34. The van der Waals surface area contributed by atoms with E-state index in [0.29, 0.717) is 11.8 Å². The highest BCUT2D eigenvalue weighted by Gasteiger charge is 2.41. The zero-order chi connectivity index (χ0) is 19.4. The molecule has 0 unspecified atom stereocenters. The number of pyridine rings is 1. The largest absolute Gasteiger partial charge is 0.370 e. The van der Waals surface area contributed by atoms with Gasteiger partial charge in [0.1, 0.15) is 0 Å². The van der Waals surface area contributed by atoms with Gasteiger partial charge < -0.3 is 14.6 Å². The van der Waals surface area contributed by atoms with Crippen LogP contribution in [0.2, 0.25) is 0 Å². The highest BCUT2D eigenvalue weighted by atomic mass is 35.5. The number of hydrogen-bond donors (Lipinski definition) is 1. The number of likely N-dealkylation sites (tertiary alicyclic amines) is 1. The van der Waals surface area contributed by atoms with Crippen LogP contribution in [0.15, 0.2) is 28.4 Å². The number of aromatic nitrogens is 1. The number of rotatable bonds is 2. The van der Waals surface area contributed by atoms with Gasteiger partial charge in [-0.2, -0.15) is 0 Å². The summed E-state index contributed by atoms with van der Waals surface area (Å²) >= 11 is 1.88. The molecule has 8 heteroatoms. The molecule has 31 heavy (non-hydrogen) atoms. The Hall–Kier alpha value is -0.890. The Kier molecular flexibility index (Phi) is 6.88. The molecule has 0 amide bonds. The van der Waals surface area contributed by atoms with Crippen molar-refractivity contribution in [3.8, 4) is 0 Å². The summed E-state index contributed by atoms with van der Waals surface area (Å²) in [6, 6.07) is 6.59. The summed E-state index contributed by atoms with van der Waals surface area (Å²) in [5, 5.41) is 5.74. The first-order chi connectivity index (χ1) is 14.2. The Bertz CT molecular complexity index is 983. The fourth-order valence-corrected chi connectivity index (χ4v) is 6.99. The second-order valence-corrected chi connectivity index (χ2v) is 10.3. The SMILES string of the molecule is Cl.Cl.O=c1c(CN2CCC3(CC2)OCCc2sccc23)ccc2n1C[C@@H]1CNC[C@H]2C1. The molecule has 0 saturated carbocycles. The third kappa shape index (κ3) is 4.00. The molecule has 6 heterocycles. The standard InChI is InChI=1S/C23H29N3O2S.2ClH/c27-22-17(1-2-20-18-11-16(12-24-13-18)14-26(20)22)15-25-7-5-23(6-8-25)19-4-10-29-21(19)3-9-28-23;;/h1-2,4,10,16,18,24H,3,5-9,11-15H2;2*1H/t16-,18+;;/m0../s1. The van der Waals surface area contributed by atoms with Crippen molar-refractivity contribution in [1.29, 1.82) is 0 Å². The van der Waals surface area contributed by atoms with Crippen LogP contribution >= 0.6 is 36.2 Å². The molecule has 1 spiro atoms. The molecule has 2 aromatic rings. The van der Waals surface area contributed by atoms with Gasteiger partial charge in [0.15, 0.2) is 0 Å². The van der Waals surface area contributed by atoms with E-state index in [1.54, 1.807) is 0 Å². The van der Waals surface area contributed by atoms with Gasteiger partial charge >= 0.3 is 0 Å². The van der Waals surface area contributed by atoms with E-state index in [1.807, 2.05) is 11.3 Å². The minimum absolute atomic E-state index is 0. The summed E-state index contributed by atoms with van der Waals surface area (Å²) in [4.78, 5) is 17.2. The van der Waals surface area contributed by atoms with Crippen LogP contribution in [0.1, 0.15) is 46.9 Å². The van der Waals surface area contributed by atoms with Gasteiger partial charge in [-0.15, -0.1) is 36.2 Å². The highest BCUT2D eigenvalue weighted by molar-refractivity contribution is 7.10. The molecule has 6 rings (SSSR count). The van der Waals surface area contributed by atoms with Gasteiger partial charge in [-0.05, 0) is 54.8 Å². The third-order valence-corrected chi connectivity index (χ3v) is 8.57. The average Bonchev–Trinajstić information content (AvgIpc) is 3.23. The van der Waals surface area contributed by atoms with Crippen molar-refractivity contribution in [3.05, 3.63) is 55.6 Å². The summed E-state index contributed by atoms with van der Waals surface area (Å²) in [7, 11) is 0. The molecule has 2 fully saturated rings. The third-order valence-electron chi connectivity index (χ3n) is 7.59. The van der Waals surface area contributed by atoms with Crippen LogP contribution in [0.3, 0.4) is 0 Å². The zero-order valence-corrected chi connectivity index (χ0v) is 20.1. The van der Waals surface area contributed by atoms with Gasteiger partial charge in [0.05, 0.1) is 12.2 Å². The van der Waals surface area contributed by atoms with Crippen molar-refractivity contribution in [3.63, 3.8) is 0 Å². The van der Waals surface area contributed by atoms with Crippen molar-refractivity contribution >= 4 is 36.2 Å². The fraction of sp³-hybridized carbons (Fsp3) is 0.609. The maximum atomic E-state index is 13.2. The van der Waals surface area contributed by atoms with E-state index < -0.39 is 0 Å². The summed E-state index contributed by atoms with van der Waals surface area (Å²) < 4.78 is 8.42. The summed E-state index contributed by atoms with van der Waals surface area (Å²) in [6.45, 7) is 6.52. The number of nitrogens with one attached hydrogen (secondary N) is 1. The Morgan fingerprint density at radius 3 is 2.84 bits per heavy atom. The van der Waals surface area contributed by atoms with E-state index in [0.717, 1.165) is 70.7 Å². The lowest BCUT2D eigenvalue weighted by molar-refractivity contribution is -0.0981. The number of thiophene rings is 1. The number of piperidine rings is 2. The molecule has 2 bridgehead atoms. The summed E-state index contributed by atoms with van der Waals surface area (Å²) in [5.41, 5.74) is 3.79. The molecule has 4 aliphatic rings. The van der Waals surface area contributed by atoms with Crippen molar-refractivity contribution < 1.29 is 4.74 Å². The van der Waals surface area contributed by atoms with Gasteiger partial charge in [-0.25, -0.2) is 0 Å². The van der Waals surface area contributed by atoms with E-state index in [-0.39, 0.29) is 36.0 Å². The van der Waals surface area contributed by atoms with E-state index in [2.05, 4.69) is 38.4 Å². The van der Waals surface area contributed by atoms with Crippen LogP contribution < -0.4 is 10.9 Å². The Morgan fingerprint density at radius 1 is 1.16 bits per heavy atom. The fourth-order valence-electron chi connectivity index (χ4n) is 6.04. The molecule has 1 N–H and O–H groups in total. The lowest BCUT2D eigenvalue weighted by Gasteiger charge is -2.44. The monoisotopic (exact) mass is 483 g/mol. The molecular formula is C23H31Cl2N3O2S. The minimum atomic E-state index is -0.0839. The Morgan fingerprint density at radius 2 is 2.00 bits per heavy atom. The Labute approximate surface area is 200 Å². The first-order valence-electron chi connectivity index (χ1n) is 11.1. The second-order valence-electron chi connectivity index (χ2n) is 9.28. The molecule has 5 nitrogen and oxygen atoms in total. The van der Waals surface area contributed by atoms with Crippen LogP contribution in [0.5, 0.6) is 0 Å². The molecule has 2 atom stereocenters. The molecule has 0 aliphatic carbocycles. The lowest BCUT2D eigenvalue weighted by atomic mass is 9.82. The number of hydrogen-bond acceptors (Lipinski definition) is 5. The zero-order valence-electron chi connectivity index (χ0n) is 17.7. The van der Waals surface area contributed by atoms with Gasteiger partial charge in [0.2, 0.25) is 0 Å². The average molecular weight is 484 g/mol. The predicted molar refractivity (Wildman–Crippen MR) is 129 cm³/mol. The topological polar surface area (TPSA) is 46.5 Å². The quantitative estimate of drug-likeness (QED) is 0.709. The minimum Gasteiger partial charge on any atom is -0.370 e. The van der Waals surface area contributed by atoms with Crippen LogP contribution in [-0.4, -0.2) is 42.3 Å². The van der Waals surface area contributed by atoms with E-state index in [1.165, 1.54) is 22.6 Å². The number of halogens is 2. The van der Waals surface area contributed by atoms with Gasteiger partial charge in [0, 0.05) is 61.2 Å². The number of ether oxygens (including phenoxy) is 1. The normalized spacial score (nSPS) is 26.3. The van der Waals surface area contributed by atoms with Crippen LogP contribution in [0.25, 0.3) is 0 Å². The van der Waals surface area contributed by atoms with Crippen LogP contribution in [0.4, 0.5) is 0 Å². The van der Waals surface area contributed by atoms with Crippen LogP contribution in [-0.2, 0) is 29.8 Å². The molecule has 170 valence electrons. The lowest BCUT2D eigenvalue weighted by Crippen LogP contribution is -2.47. The number of fused-ring (bicyclic) bond motifs is 6. The van der Waals surface area contributed by atoms with Crippen molar-refractivity contribution in [2.24, 2.45) is 5.92 Å². The van der Waals surface area contributed by atoms with E-state index >= 15 is 0 Å². The Balaban J connectivity index is 0.00000116. The summed E-state index contributed by atoms with van der Waals surface area (Å²) in [5.74, 6) is 1.11. The first-order valence-corrected chi connectivity index (χ1v) is 12.0. The maximum absolute atomic E-state index is 13.2. The number of nitrogens with zero attached hydrogens (tertiary/aromatic N) is 2. The smallest absolute Gasteiger partial charge is 0.255 e. The molecule has 0 radical (unpaired) electrons. The second kappa shape index (κ2) is 9.16. The van der Waals surface area contributed by atoms with Gasteiger partial charge in [0.25, 0.3) is 5.56 Å². The molecular weight excluding hydrogens is 453 g/mol. The molecule has 2 saturated heterocycles. The van der Waals surface area contributed by atoms with Crippen LogP contribution in [0, 0.1) is 5.92 Å². The highest BCUT2D eigenvalue weighted by Crippen LogP contribution is 2.43. The van der Waals surface area contributed by atoms with Crippen molar-refractivity contribution in [2.45, 2.75) is 50.3 Å². The van der Waals surface area contributed by atoms with Crippen molar-refractivity contribution in [1.82, 2.24) is 14.8 Å². The predicted octanol–water partition coefficient (Wildman–Crippen LogP) is 3.52. The molecule has 4 aliphatic heterocycles.